The molecule has 4 aliphatic rings. The molecule has 7 N–H and O–H groups in total. The molecule has 2 bridgehead atoms. The lowest BCUT2D eigenvalue weighted by molar-refractivity contribution is -0.142. The summed E-state index contributed by atoms with van der Waals surface area (Å²) >= 11 is 0. The van der Waals surface area contributed by atoms with Crippen LogP contribution in [0, 0.1) is 23.7 Å². The fraction of sp³-hybridized carbons (Fsp3) is 0.455. The smallest absolute Gasteiger partial charge is 0.149 e. The maximum absolute atomic E-state index is 13.1. The number of aromatic hydroxyl groups is 3. The molecule has 0 spiro atoms. The van der Waals surface area contributed by atoms with Gasteiger partial charge in [0.25, 0.3) is 0 Å². The first-order chi connectivity index (χ1) is 33.2. The zero-order chi connectivity index (χ0) is 47.3. The van der Waals surface area contributed by atoms with Crippen molar-refractivity contribution in [3.8, 4) is 63.2 Å². The van der Waals surface area contributed by atoms with E-state index >= 15 is 0 Å². The van der Waals surface area contributed by atoms with Crippen LogP contribution in [0.3, 0.4) is 0 Å². The summed E-state index contributed by atoms with van der Waals surface area (Å²) in [7, 11) is 1.66. The van der Waals surface area contributed by atoms with Gasteiger partial charge in [0.15, 0.2) is 0 Å². The van der Waals surface area contributed by atoms with Gasteiger partial charge in [-0.1, -0.05) is 30.9 Å². The normalized spacial score (nSPS) is 23.5. The Labute approximate surface area is 397 Å². The van der Waals surface area contributed by atoms with E-state index in [0.29, 0.717) is 83.6 Å². The molecule has 7 atom stereocenters. The van der Waals surface area contributed by atoms with Crippen LogP contribution in [0.2, 0.25) is 0 Å². The number of fused-ring (bicyclic) bond motifs is 5. The summed E-state index contributed by atoms with van der Waals surface area (Å²) in [4.78, 5) is 0. The Bertz CT molecular complexity index is 2630. The van der Waals surface area contributed by atoms with Crippen LogP contribution in [-0.4, -0.2) is 95.3 Å². The van der Waals surface area contributed by atoms with Gasteiger partial charge in [0.05, 0.1) is 37.8 Å². The number of rotatable bonds is 15. The molecule has 3 aliphatic heterocycles. The number of nitrogens with one attached hydrogen (secondary N) is 1. The van der Waals surface area contributed by atoms with Crippen LogP contribution in [0.5, 0.6) is 40.2 Å². The van der Waals surface area contributed by atoms with Crippen LogP contribution < -0.4 is 24.3 Å². The molecular formula is C55H63NO12. The van der Waals surface area contributed by atoms with E-state index in [2.05, 4.69) is 17.2 Å². The van der Waals surface area contributed by atoms with Crippen LogP contribution in [0.15, 0.2) is 72.8 Å². The molecule has 1 fully saturated rings. The van der Waals surface area contributed by atoms with Gasteiger partial charge in [-0.15, -0.1) is 0 Å². The van der Waals surface area contributed by atoms with Crippen LogP contribution in [-0.2, 0) is 22.3 Å². The highest BCUT2D eigenvalue weighted by Crippen LogP contribution is 2.55. The molecule has 0 aromatic heterocycles. The van der Waals surface area contributed by atoms with Gasteiger partial charge < -0.3 is 59.1 Å². The summed E-state index contributed by atoms with van der Waals surface area (Å²) in [6.45, 7) is 2.09. The van der Waals surface area contributed by atoms with Crippen LogP contribution in [0.1, 0.15) is 98.3 Å². The van der Waals surface area contributed by atoms with Crippen molar-refractivity contribution < 1.29 is 59.1 Å². The average Bonchev–Trinajstić information content (AvgIpc) is 3.84. The SMILES string of the molecule is CCc1cc(-c2cccc(O)c2)c(Cc2cc(OC3CCCC3)cc3c2OCC(C2C(CCCOC)Oc4c5cc(c6cc(O)ccc46)OCC#CCC(NCO)C(CCO)OC52)C3O)cc1O. The van der Waals surface area contributed by atoms with Gasteiger partial charge >= 0.3 is 0 Å². The van der Waals surface area contributed by atoms with Crippen LogP contribution in [0.4, 0.5) is 0 Å². The lowest BCUT2D eigenvalue weighted by Crippen LogP contribution is -2.49. The number of phenolic OH excluding ortho intramolecular Hbond substituents is 3. The average molecular weight is 930 g/mol. The van der Waals surface area contributed by atoms with Gasteiger partial charge in [0, 0.05) is 78.5 Å². The predicted molar refractivity (Wildman–Crippen MR) is 257 cm³/mol. The van der Waals surface area contributed by atoms with Crippen molar-refractivity contribution in [3.63, 3.8) is 0 Å². The fourth-order valence-corrected chi connectivity index (χ4v) is 10.8. The van der Waals surface area contributed by atoms with Gasteiger partial charge in [-0.25, -0.2) is 0 Å². The number of aliphatic hydroxyl groups excluding tert-OH is 3. The first kappa shape index (κ1) is 47.4. The number of hydrogen-bond acceptors (Lipinski definition) is 13. The van der Waals surface area contributed by atoms with Crippen LogP contribution >= 0.6 is 0 Å². The number of phenols is 3. The van der Waals surface area contributed by atoms with Crippen molar-refractivity contribution >= 4 is 10.8 Å². The maximum Gasteiger partial charge on any atom is 0.149 e. The van der Waals surface area contributed by atoms with E-state index in [-0.39, 0.29) is 56.3 Å². The van der Waals surface area contributed by atoms with E-state index in [9.17, 15) is 30.6 Å². The molecule has 5 aromatic carbocycles. The highest BCUT2D eigenvalue weighted by molar-refractivity contribution is 5.96. The number of ether oxygens (including phenoxy) is 6. The molecule has 7 unspecified atom stereocenters. The quantitative estimate of drug-likeness (QED) is 0.0303. The standard InChI is InChI=1S/C55H63NO12/c1-3-32-25-41(33-10-8-11-36(59)23-33)34(26-47(32)61)22-35-24-39(66-38-12-4-5-13-38)28-43-52(62)45(30-65-53(35)43)51-49(15-9-20-63-2)68-54-40-17-16-37(60)27-42(40)50-29-44(54)55(51)67-48(18-19-57)46(56-31-58)14-6-7-21-64-50/h8,10-11,16-17,23-29,38,45-46,48-49,51-52,55-62H,3-5,9,12-15,18-22,30-31H2,1-2H3. The molecule has 1 saturated carbocycles. The van der Waals surface area contributed by atoms with Crippen molar-refractivity contribution in [2.45, 2.75) is 108 Å². The van der Waals surface area contributed by atoms with Gasteiger partial charge in [-0.3, -0.25) is 5.32 Å². The Morgan fingerprint density at radius 2 is 1.65 bits per heavy atom. The molecular weight excluding hydrogens is 867 g/mol. The summed E-state index contributed by atoms with van der Waals surface area (Å²) < 4.78 is 40.0. The van der Waals surface area contributed by atoms with Crippen molar-refractivity contribution in [1.29, 1.82) is 0 Å². The number of aryl methyl sites for hydroxylation is 1. The molecule has 3 heterocycles. The Morgan fingerprint density at radius 3 is 2.43 bits per heavy atom. The summed E-state index contributed by atoms with van der Waals surface area (Å²) in [6, 6.07) is 21.2. The first-order valence-corrected chi connectivity index (χ1v) is 24.1. The van der Waals surface area contributed by atoms with Gasteiger partial charge in [-0.2, -0.15) is 0 Å². The fourth-order valence-electron chi connectivity index (χ4n) is 10.8. The molecule has 13 nitrogen and oxygen atoms in total. The predicted octanol–water partition coefficient (Wildman–Crippen LogP) is 8.15. The molecule has 13 heteroatoms. The number of methoxy groups -OCH3 is 1. The molecule has 0 radical (unpaired) electrons. The minimum atomic E-state index is -1.10. The third-order valence-electron chi connectivity index (χ3n) is 14.2. The summed E-state index contributed by atoms with van der Waals surface area (Å²) in [6.07, 6.45) is 3.63. The number of aliphatic hydroxyl groups is 3. The highest BCUT2D eigenvalue weighted by atomic mass is 16.5. The molecule has 68 heavy (non-hydrogen) atoms. The zero-order valence-electron chi connectivity index (χ0n) is 38.8. The van der Waals surface area contributed by atoms with Gasteiger partial charge in [0.2, 0.25) is 0 Å². The zero-order valence-corrected chi connectivity index (χ0v) is 38.8. The van der Waals surface area contributed by atoms with Crippen LogP contribution in [0.25, 0.3) is 21.9 Å². The second kappa shape index (κ2) is 21.3. The molecule has 5 aromatic rings. The van der Waals surface area contributed by atoms with Gasteiger partial charge in [0.1, 0.15) is 53.0 Å². The summed E-state index contributed by atoms with van der Waals surface area (Å²) in [5.41, 5.74) is 5.28. The number of benzene rings is 5. The Balaban J connectivity index is 1.19. The minimum absolute atomic E-state index is 0.0221. The molecule has 0 amide bonds. The molecule has 1 aliphatic carbocycles. The van der Waals surface area contributed by atoms with E-state index in [1.807, 2.05) is 43.3 Å². The van der Waals surface area contributed by atoms with E-state index in [1.165, 1.54) is 0 Å². The van der Waals surface area contributed by atoms with Crippen molar-refractivity contribution in [2.24, 2.45) is 11.8 Å². The summed E-state index contributed by atoms with van der Waals surface area (Å²) in [5, 5.41) is 70.8. The van der Waals surface area contributed by atoms with Crippen molar-refractivity contribution in [1.82, 2.24) is 5.32 Å². The van der Waals surface area contributed by atoms with E-state index in [0.717, 1.165) is 53.5 Å². The van der Waals surface area contributed by atoms with E-state index in [1.54, 1.807) is 43.5 Å². The molecule has 0 saturated heterocycles. The van der Waals surface area contributed by atoms with Crippen molar-refractivity contribution in [2.75, 3.05) is 40.3 Å². The Kier molecular flexibility index (Phi) is 14.8. The second-order valence-electron chi connectivity index (χ2n) is 18.5. The first-order valence-electron chi connectivity index (χ1n) is 24.1. The monoisotopic (exact) mass is 929 g/mol. The minimum Gasteiger partial charge on any atom is -0.508 e. The summed E-state index contributed by atoms with van der Waals surface area (Å²) in [5.74, 6) is 7.66. The van der Waals surface area contributed by atoms with Crippen molar-refractivity contribution in [3.05, 3.63) is 101 Å². The molecule has 9 rings (SSSR count). The third-order valence-corrected chi connectivity index (χ3v) is 14.2. The number of hydrogen-bond donors (Lipinski definition) is 7. The lowest BCUT2D eigenvalue weighted by atomic mass is 9.72. The van der Waals surface area contributed by atoms with E-state index in [4.69, 9.17) is 28.4 Å². The highest BCUT2D eigenvalue weighted by Gasteiger charge is 2.50. The lowest BCUT2D eigenvalue weighted by Gasteiger charge is -2.47. The largest absolute Gasteiger partial charge is 0.508 e. The molecule has 360 valence electrons. The van der Waals surface area contributed by atoms with E-state index < -0.39 is 42.3 Å². The maximum atomic E-state index is 13.1. The Morgan fingerprint density at radius 1 is 0.809 bits per heavy atom. The Hall–Kier alpha value is -5.72. The second-order valence-corrected chi connectivity index (χ2v) is 18.5. The topological polar surface area (TPSA) is 189 Å². The van der Waals surface area contributed by atoms with Gasteiger partial charge in [-0.05, 0) is 134 Å². The third kappa shape index (κ3) is 9.90.